The number of halogens is 1. The van der Waals surface area contributed by atoms with Crippen LogP contribution in [-0.4, -0.2) is 13.1 Å². The molecule has 13 heavy (non-hydrogen) atoms. The van der Waals surface area contributed by atoms with Crippen molar-refractivity contribution in [2.75, 3.05) is 13.1 Å². The molecule has 1 aliphatic rings. The maximum Gasteiger partial charge on any atom is 0.0285 e. The molecule has 1 N–H and O–H groups in total. The molecule has 0 aromatic carbocycles. The Balaban J connectivity index is 2.14. The third-order valence-corrected chi connectivity index (χ3v) is 4.56. The predicted octanol–water partition coefficient (Wildman–Crippen LogP) is 3.22. The van der Waals surface area contributed by atoms with Crippen molar-refractivity contribution in [3.8, 4) is 0 Å². The monoisotopic (exact) mass is 259 g/mol. The highest BCUT2D eigenvalue weighted by atomic mass is 79.9. The van der Waals surface area contributed by atoms with E-state index in [1.165, 1.54) is 24.0 Å². The van der Waals surface area contributed by atoms with Gasteiger partial charge in [0.2, 0.25) is 0 Å². The summed E-state index contributed by atoms with van der Waals surface area (Å²) in [7, 11) is 0. The van der Waals surface area contributed by atoms with Crippen molar-refractivity contribution in [3.63, 3.8) is 0 Å². The molecular formula is C10H14BrNS. The van der Waals surface area contributed by atoms with Gasteiger partial charge in [0.25, 0.3) is 0 Å². The van der Waals surface area contributed by atoms with Crippen LogP contribution in [0.15, 0.2) is 15.9 Å². The summed E-state index contributed by atoms with van der Waals surface area (Å²) in [4.78, 5) is 1.54. The second kappa shape index (κ2) is 4.11. The van der Waals surface area contributed by atoms with Crippen molar-refractivity contribution < 1.29 is 0 Å². The minimum Gasteiger partial charge on any atom is -0.316 e. The first-order valence-corrected chi connectivity index (χ1v) is 6.39. The second-order valence-electron chi connectivity index (χ2n) is 3.74. The van der Waals surface area contributed by atoms with Crippen LogP contribution >= 0.6 is 27.3 Å². The third-order valence-electron chi connectivity index (χ3n) is 2.74. The molecule has 2 unspecified atom stereocenters. The van der Waals surface area contributed by atoms with Crippen molar-refractivity contribution in [2.24, 2.45) is 5.92 Å². The summed E-state index contributed by atoms with van der Waals surface area (Å²) in [5.74, 6) is 1.55. The Morgan fingerprint density at radius 2 is 2.46 bits per heavy atom. The highest BCUT2D eigenvalue weighted by Crippen LogP contribution is 2.35. The van der Waals surface area contributed by atoms with Crippen molar-refractivity contribution in [3.05, 3.63) is 20.8 Å². The summed E-state index contributed by atoms with van der Waals surface area (Å²) in [6.45, 7) is 4.68. The lowest BCUT2D eigenvalue weighted by atomic mass is 9.87. The Morgan fingerprint density at radius 1 is 1.62 bits per heavy atom. The van der Waals surface area contributed by atoms with E-state index < -0.39 is 0 Å². The molecule has 2 rings (SSSR count). The van der Waals surface area contributed by atoms with Crippen LogP contribution in [0, 0.1) is 5.92 Å². The molecule has 0 radical (unpaired) electrons. The van der Waals surface area contributed by atoms with Gasteiger partial charge in [-0.2, -0.15) is 0 Å². The first-order chi connectivity index (χ1) is 6.27. The first kappa shape index (κ1) is 9.69. The minimum absolute atomic E-state index is 0.776. The Hall–Kier alpha value is 0.140. The summed E-state index contributed by atoms with van der Waals surface area (Å²) in [5, 5.41) is 5.62. The molecule has 1 aromatic rings. The Bertz CT molecular complexity index is 284. The van der Waals surface area contributed by atoms with Crippen molar-refractivity contribution in [1.82, 2.24) is 5.32 Å². The molecule has 0 spiro atoms. The number of rotatable bonds is 1. The molecule has 0 saturated carbocycles. The van der Waals surface area contributed by atoms with Gasteiger partial charge in [-0.3, -0.25) is 0 Å². The average molecular weight is 260 g/mol. The summed E-state index contributed by atoms with van der Waals surface area (Å²) in [6.07, 6.45) is 1.29. The molecule has 2 atom stereocenters. The number of piperidine rings is 1. The van der Waals surface area contributed by atoms with Crippen LogP contribution < -0.4 is 5.32 Å². The molecule has 0 bridgehead atoms. The fraction of sp³-hybridized carbons (Fsp3) is 0.600. The zero-order valence-electron chi connectivity index (χ0n) is 7.72. The Morgan fingerprint density at radius 3 is 3.08 bits per heavy atom. The van der Waals surface area contributed by atoms with Crippen LogP contribution in [0.4, 0.5) is 0 Å². The Labute approximate surface area is 91.7 Å². The zero-order chi connectivity index (χ0) is 9.26. The largest absolute Gasteiger partial charge is 0.316 e. The summed E-state index contributed by atoms with van der Waals surface area (Å²) in [6, 6.07) is 2.27. The molecule has 1 saturated heterocycles. The quantitative estimate of drug-likeness (QED) is 0.817. The van der Waals surface area contributed by atoms with Crippen molar-refractivity contribution in [1.29, 1.82) is 0 Å². The molecule has 0 aliphatic carbocycles. The summed E-state index contributed by atoms with van der Waals surface area (Å²) >= 11 is 5.40. The molecule has 72 valence electrons. The SMILES string of the molecule is CC1CNCCC1c1cc(Br)cs1. The molecule has 1 nitrogen and oxygen atoms in total. The van der Waals surface area contributed by atoms with Crippen LogP contribution in [0.1, 0.15) is 24.1 Å². The second-order valence-corrected chi connectivity index (χ2v) is 5.60. The molecule has 3 heteroatoms. The zero-order valence-corrected chi connectivity index (χ0v) is 10.1. The highest BCUT2D eigenvalue weighted by molar-refractivity contribution is 9.10. The van der Waals surface area contributed by atoms with E-state index in [0.717, 1.165) is 11.8 Å². The molecule has 1 fully saturated rings. The van der Waals surface area contributed by atoms with Gasteiger partial charge in [-0.1, -0.05) is 6.92 Å². The van der Waals surface area contributed by atoms with E-state index in [1.807, 2.05) is 11.3 Å². The fourth-order valence-electron chi connectivity index (χ4n) is 1.96. The topological polar surface area (TPSA) is 12.0 Å². The normalized spacial score (nSPS) is 29.1. The van der Waals surface area contributed by atoms with E-state index in [-0.39, 0.29) is 0 Å². The lowest BCUT2D eigenvalue weighted by Gasteiger charge is -2.28. The van der Waals surface area contributed by atoms with E-state index in [2.05, 4.69) is 39.6 Å². The van der Waals surface area contributed by atoms with Crippen LogP contribution in [0.25, 0.3) is 0 Å². The predicted molar refractivity (Wildman–Crippen MR) is 61.4 cm³/mol. The molecule has 2 heterocycles. The van der Waals surface area contributed by atoms with Crippen molar-refractivity contribution >= 4 is 27.3 Å². The summed E-state index contributed by atoms with van der Waals surface area (Å²) < 4.78 is 1.23. The van der Waals surface area contributed by atoms with Crippen molar-refractivity contribution in [2.45, 2.75) is 19.3 Å². The average Bonchev–Trinajstić information content (AvgIpc) is 2.53. The van der Waals surface area contributed by atoms with E-state index in [1.54, 1.807) is 4.88 Å². The number of thiophene rings is 1. The smallest absolute Gasteiger partial charge is 0.0285 e. The summed E-state index contributed by atoms with van der Waals surface area (Å²) in [5.41, 5.74) is 0. The van der Waals surface area contributed by atoms with Gasteiger partial charge in [0.15, 0.2) is 0 Å². The molecule has 1 aromatic heterocycles. The lowest BCUT2D eigenvalue weighted by Crippen LogP contribution is -2.33. The highest BCUT2D eigenvalue weighted by Gasteiger charge is 2.23. The van der Waals surface area contributed by atoms with Gasteiger partial charge in [-0.05, 0) is 53.3 Å². The van der Waals surface area contributed by atoms with E-state index >= 15 is 0 Å². The van der Waals surface area contributed by atoms with Gasteiger partial charge in [-0.15, -0.1) is 11.3 Å². The van der Waals surface area contributed by atoms with Gasteiger partial charge in [0.05, 0.1) is 0 Å². The van der Waals surface area contributed by atoms with Crippen LogP contribution in [0.3, 0.4) is 0 Å². The molecule has 1 aliphatic heterocycles. The first-order valence-electron chi connectivity index (χ1n) is 4.72. The third kappa shape index (κ3) is 2.14. The van der Waals surface area contributed by atoms with Gasteiger partial charge in [-0.25, -0.2) is 0 Å². The lowest BCUT2D eigenvalue weighted by molar-refractivity contribution is 0.353. The fourth-order valence-corrected chi connectivity index (χ4v) is 3.67. The van der Waals surface area contributed by atoms with Gasteiger partial charge < -0.3 is 5.32 Å². The molecular weight excluding hydrogens is 246 g/mol. The number of hydrogen-bond acceptors (Lipinski definition) is 2. The van der Waals surface area contributed by atoms with Gasteiger partial charge in [0, 0.05) is 14.7 Å². The number of nitrogens with one attached hydrogen (secondary N) is 1. The maximum atomic E-state index is 3.51. The van der Waals surface area contributed by atoms with Gasteiger partial charge >= 0.3 is 0 Å². The number of hydrogen-bond donors (Lipinski definition) is 1. The van der Waals surface area contributed by atoms with Gasteiger partial charge in [0.1, 0.15) is 0 Å². The van der Waals surface area contributed by atoms with Crippen LogP contribution in [0.2, 0.25) is 0 Å². The standard InChI is InChI=1S/C10H14BrNS/c1-7-5-12-3-2-9(7)10-4-8(11)6-13-10/h4,6-7,9,12H,2-3,5H2,1H3. The molecule has 0 amide bonds. The van der Waals surface area contributed by atoms with Crippen LogP contribution in [-0.2, 0) is 0 Å². The maximum absolute atomic E-state index is 3.51. The van der Waals surface area contributed by atoms with E-state index in [4.69, 9.17) is 0 Å². The minimum atomic E-state index is 0.776. The Kier molecular flexibility index (Phi) is 3.06. The van der Waals surface area contributed by atoms with Crippen LogP contribution in [0.5, 0.6) is 0 Å². The van der Waals surface area contributed by atoms with E-state index in [0.29, 0.717) is 0 Å². The van der Waals surface area contributed by atoms with E-state index in [9.17, 15) is 0 Å².